The van der Waals surface area contributed by atoms with Crippen molar-refractivity contribution in [1.82, 2.24) is 5.32 Å². The number of benzene rings is 2. The summed E-state index contributed by atoms with van der Waals surface area (Å²) in [6.45, 7) is 7.35. The highest BCUT2D eigenvalue weighted by Gasteiger charge is 2.78. The summed E-state index contributed by atoms with van der Waals surface area (Å²) in [5, 5.41) is 25.3. The number of nitrogens with one attached hydrogen (secondary N) is 1. The molecule has 0 saturated heterocycles. The second-order valence-electron chi connectivity index (χ2n) is 19.3. The van der Waals surface area contributed by atoms with E-state index in [-0.39, 0.29) is 75.3 Å². The number of alkyl halides is 3. The number of phosphoric ester groups is 1. The van der Waals surface area contributed by atoms with Gasteiger partial charge in [0.25, 0.3) is 0 Å². The Labute approximate surface area is 384 Å². The van der Waals surface area contributed by atoms with Gasteiger partial charge >= 0.3 is 7.82 Å². The van der Waals surface area contributed by atoms with E-state index in [2.05, 4.69) is 31.3 Å². The van der Waals surface area contributed by atoms with E-state index >= 15 is 8.78 Å². The minimum Gasteiger partial charge on any atom is -0.404 e. The number of carbonyl (C=O) groups is 2. The molecule has 2 aromatic carbocycles. The zero-order valence-electron chi connectivity index (χ0n) is 37.6. The third-order valence-electron chi connectivity index (χ3n) is 15.3. The molecule has 0 bridgehead atoms. The number of aliphatic hydroxyl groups is 2. The molecule has 6 aliphatic rings. The van der Waals surface area contributed by atoms with Gasteiger partial charge in [0.1, 0.15) is 35.9 Å². The highest BCUT2D eigenvalue weighted by Crippen LogP contribution is 2.74. The number of aliphatic hydroxyl groups excluding tert-OH is 1. The molecule has 4 fully saturated rings. The number of ether oxygens (including phenoxy) is 2. The SMILES string of the molecule is CCCCCC(NC[C@H](O)c1ccc2c(c1)COP(=O)(O[C@H]1C[C@@]3(C)C(CC[C@]3(OC3(O)CC3)C(=O)SCF)C3C[C@H](F)C4=CC(=O)C=C[C@]4(C)[C@]31F)O2)OC(CCC)c1ccccc1. The van der Waals surface area contributed by atoms with E-state index < -0.39 is 82.8 Å². The molecule has 12 atom stereocenters. The molecule has 4 saturated carbocycles. The zero-order chi connectivity index (χ0) is 46.4. The van der Waals surface area contributed by atoms with Gasteiger partial charge < -0.3 is 24.2 Å². The predicted octanol–water partition coefficient (Wildman–Crippen LogP) is 10.6. The van der Waals surface area contributed by atoms with Crippen LogP contribution in [0.5, 0.6) is 5.75 Å². The van der Waals surface area contributed by atoms with E-state index in [1.165, 1.54) is 19.1 Å². The van der Waals surface area contributed by atoms with Crippen molar-refractivity contribution in [2.75, 3.05) is 12.6 Å². The molecular weight excluding hydrogens is 883 g/mol. The van der Waals surface area contributed by atoms with Crippen molar-refractivity contribution in [2.24, 2.45) is 22.7 Å². The van der Waals surface area contributed by atoms with Gasteiger partial charge in [0.15, 0.2) is 17.2 Å². The summed E-state index contributed by atoms with van der Waals surface area (Å²) >= 11 is 0.399. The van der Waals surface area contributed by atoms with Gasteiger partial charge in [-0.3, -0.25) is 24.0 Å². The Morgan fingerprint density at radius 2 is 1.82 bits per heavy atom. The standard InChI is InChI=1S/C49H63F3NO10PS/c1-5-7-9-15-43(60-40(12-6-2)31-13-10-8-11-14-31)53-28-39(55)32-16-17-41-33(24-32)29-59-64(58,61-41)62-42-27-46(4)35(19-21-48(46,44(56)65-30-50)63-47(57)22-23-47)36-26-38(51)37-25-34(54)18-20-45(37,3)49(36,42)52/h8,10-11,13-14,16-18,20,24-25,35-36,38-40,42-43,53,55,57H,5-7,9,12,15,19,21-23,26-30H2,1-4H3/t35?,36?,38-,39-,40?,42-,43?,45-,46-,48-,49-,64?/m0/s1. The van der Waals surface area contributed by atoms with Crippen LogP contribution in [0.3, 0.4) is 0 Å². The number of carbonyl (C=O) groups excluding carboxylic acids is 2. The number of phosphoric acid groups is 1. The number of ketones is 1. The third-order valence-corrected chi connectivity index (χ3v) is 17.3. The van der Waals surface area contributed by atoms with Crippen molar-refractivity contribution in [3.63, 3.8) is 0 Å². The van der Waals surface area contributed by atoms with Crippen LogP contribution in [0.4, 0.5) is 13.2 Å². The van der Waals surface area contributed by atoms with Gasteiger partial charge in [-0.15, -0.1) is 0 Å². The molecule has 0 radical (unpaired) electrons. The molecule has 65 heavy (non-hydrogen) atoms. The third kappa shape index (κ3) is 9.00. The Morgan fingerprint density at radius 1 is 1.05 bits per heavy atom. The maximum Gasteiger partial charge on any atom is 0.530 e. The Kier molecular flexibility index (Phi) is 14.1. The van der Waals surface area contributed by atoms with E-state index in [9.17, 15) is 28.8 Å². The average molecular weight is 946 g/mol. The first kappa shape index (κ1) is 48.6. The van der Waals surface area contributed by atoms with Gasteiger partial charge in [0, 0.05) is 41.7 Å². The minimum absolute atomic E-state index is 0.00758. The van der Waals surface area contributed by atoms with Crippen LogP contribution >= 0.6 is 19.6 Å². The van der Waals surface area contributed by atoms with Crippen LogP contribution in [0.1, 0.15) is 134 Å². The number of allylic oxidation sites excluding steroid dienone is 4. The number of rotatable bonds is 19. The highest BCUT2D eigenvalue weighted by atomic mass is 32.2. The Morgan fingerprint density at radius 3 is 2.52 bits per heavy atom. The molecular formula is C49H63F3NO10PS. The number of unbranched alkanes of at least 4 members (excludes halogenated alkanes) is 2. The summed E-state index contributed by atoms with van der Waals surface area (Å²) in [4.78, 5) is 26.7. The topological polar surface area (TPSA) is 150 Å². The van der Waals surface area contributed by atoms with Crippen LogP contribution in [0.25, 0.3) is 0 Å². The lowest BCUT2D eigenvalue weighted by Gasteiger charge is -2.64. The summed E-state index contributed by atoms with van der Waals surface area (Å²) < 4.78 is 95.3. The maximum absolute atomic E-state index is 19.0. The van der Waals surface area contributed by atoms with Crippen molar-refractivity contribution in [1.29, 1.82) is 0 Å². The van der Waals surface area contributed by atoms with Gasteiger partial charge in [0.05, 0.1) is 18.8 Å². The van der Waals surface area contributed by atoms with E-state index in [1.54, 1.807) is 25.1 Å². The lowest BCUT2D eigenvalue weighted by atomic mass is 9.44. The predicted molar refractivity (Wildman–Crippen MR) is 240 cm³/mol. The molecule has 0 spiro atoms. The van der Waals surface area contributed by atoms with Crippen LogP contribution in [0, 0.1) is 22.7 Å². The first-order chi connectivity index (χ1) is 31.0. The minimum atomic E-state index is -4.70. The molecule has 356 valence electrons. The fourth-order valence-electron chi connectivity index (χ4n) is 11.6. The fraction of sp³-hybridized carbons (Fsp3) is 0.633. The molecule has 16 heteroatoms. The molecule has 5 aliphatic carbocycles. The molecule has 1 aliphatic heterocycles. The molecule has 0 aromatic heterocycles. The molecule has 3 N–H and O–H groups in total. The van der Waals surface area contributed by atoms with Gasteiger partial charge in [-0.2, -0.15) is 0 Å². The van der Waals surface area contributed by atoms with Gasteiger partial charge in [-0.05, 0) is 98.8 Å². The molecule has 1 heterocycles. The largest absolute Gasteiger partial charge is 0.530 e. The number of fused-ring (bicyclic) bond motifs is 6. The molecule has 0 amide bonds. The monoisotopic (exact) mass is 945 g/mol. The van der Waals surface area contributed by atoms with Crippen LogP contribution in [-0.4, -0.2) is 69.2 Å². The summed E-state index contributed by atoms with van der Waals surface area (Å²) in [5.74, 6) is -3.90. The van der Waals surface area contributed by atoms with Crippen molar-refractivity contribution >= 4 is 30.5 Å². The van der Waals surface area contributed by atoms with Crippen molar-refractivity contribution in [3.8, 4) is 5.75 Å². The van der Waals surface area contributed by atoms with Gasteiger partial charge in [-0.1, -0.05) is 94.3 Å². The van der Waals surface area contributed by atoms with Crippen LogP contribution in [0.15, 0.2) is 72.3 Å². The van der Waals surface area contributed by atoms with E-state index in [4.69, 9.17) is 23.0 Å². The Balaban J connectivity index is 1.04. The lowest BCUT2D eigenvalue weighted by molar-refractivity contribution is -0.261. The van der Waals surface area contributed by atoms with Crippen LogP contribution in [-0.2, 0) is 39.3 Å². The average Bonchev–Trinajstić information content (AvgIpc) is 3.94. The maximum atomic E-state index is 19.0. The van der Waals surface area contributed by atoms with Gasteiger partial charge in [-0.25, -0.2) is 17.7 Å². The number of thioether (sulfide) groups is 1. The number of halogens is 3. The first-order valence-electron chi connectivity index (χ1n) is 23.3. The van der Waals surface area contributed by atoms with Crippen molar-refractivity contribution < 1.29 is 60.6 Å². The Hall–Kier alpha value is -2.85. The van der Waals surface area contributed by atoms with Crippen molar-refractivity contribution in [3.05, 3.63) is 89.0 Å². The summed E-state index contributed by atoms with van der Waals surface area (Å²) in [6, 6.07) is 13.9. The summed E-state index contributed by atoms with van der Waals surface area (Å²) in [6.07, 6.45) is 4.42. The van der Waals surface area contributed by atoms with E-state index in [1.807, 2.05) is 18.2 Å². The number of hydrogen-bond donors (Lipinski definition) is 3. The fourth-order valence-corrected chi connectivity index (χ4v) is 13.7. The van der Waals surface area contributed by atoms with Crippen LogP contribution < -0.4 is 9.84 Å². The molecule has 11 nitrogen and oxygen atoms in total. The smallest absolute Gasteiger partial charge is 0.404 e. The second kappa shape index (κ2) is 18.9. The van der Waals surface area contributed by atoms with E-state index in [0.29, 0.717) is 22.9 Å². The first-order valence-corrected chi connectivity index (χ1v) is 25.7. The normalized spacial score (nSPS) is 35.7. The molecule has 5 unspecified atom stereocenters. The number of hydrogen-bond acceptors (Lipinski definition) is 12. The Bertz CT molecular complexity index is 2200. The van der Waals surface area contributed by atoms with Gasteiger partial charge in [0.2, 0.25) is 5.12 Å². The zero-order valence-corrected chi connectivity index (χ0v) is 39.4. The summed E-state index contributed by atoms with van der Waals surface area (Å²) in [5.41, 5.74) is -5.43. The summed E-state index contributed by atoms with van der Waals surface area (Å²) in [7, 11) is -4.70. The van der Waals surface area contributed by atoms with Crippen LogP contribution in [0.2, 0.25) is 0 Å². The quantitative estimate of drug-likeness (QED) is 0.0699. The molecule has 2 aromatic rings. The molecule has 8 rings (SSSR count). The van der Waals surface area contributed by atoms with E-state index in [0.717, 1.165) is 50.2 Å². The van der Waals surface area contributed by atoms with Crippen molar-refractivity contribution in [2.45, 2.75) is 159 Å². The highest BCUT2D eigenvalue weighted by molar-refractivity contribution is 8.13. The second-order valence-corrected chi connectivity index (χ2v) is 21.7. The lowest BCUT2D eigenvalue weighted by Crippen LogP contribution is -2.71.